The van der Waals surface area contributed by atoms with Gasteiger partial charge in [-0.25, -0.2) is 0 Å². The van der Waals surface area contributed by atoms with Crippen LogP contribution in [0.15, 0.2) is 24.3 Å². The molecule has 2 saturated carbocycles. The van der Waals surface area contributed by atoms with E-state index >= 15 is 0 Å². The molecule has 1 nitrogen and oxygen atoms in total. The van der Waals surface area contributed by atoms with E-state index in [4.69, 9.17) is 11.6 Å². The fraction of sp³-hybridized carbons (Fsp3) is 0.647. The van der Waals surface area contributed by atoms with Crippen molar-refractivity contribution >= 4 is 23.4 Å². The monoisotopic (exact) mass is 309 g/mol. The molecule has 0 aliphatic heterocycles. The highest BCUT2D eigenvalue weighted by molar-refractivity contribution is 7.99. The third-order valence-corrected chi connectivity index (χ3v) is 6.45. The Hall–Kier alpha value is -0.180. The van der Waals surface area contributed by atoms with Crippen molar-refractivity contribution in [3.63, 3.8) is 0 Å². The van der Waals surface area contributed by atoms with Crippen molar-refractivity contribution < 1.29 is 0 Å². The van der Waals surface area contributed by atoms with Crippen molar-refractivity contribution in [3.8, 4) is 0 Å². The highest BCUT2D eigenvalue weighted by Gasteiger charge is 2.34. The van der Waals surface area contributed by atoms with E-state index in [1.165, 1.54) is 44.1 Å². The molecule has 0 bridgehead atoms. The van der Waals surface area contributed by atoms with Gasteiger partial charge in [-0.2, -0.15) is 11.8 Å². The third-order valence-electron chi connectivity index (χ3n) is 4.94. The molecule has 3 heteroatoms. The van der Waals surface area contributed by atoms with Gasteiger partial charge in [-0.05, 0) is 49.5 Å². The number of hydrogen-bond acceptors (Lipinski definition) is 2. The molecule has 110 valence electrons. The van der Waals surface area contributed by atoms with E-state index in [0.29, 0.717) is 12.0 Å². The van der Waals surface area contributed by atoms with Crippen LogP contribution in [0.1, 0.15) is 50.0 Å². The first kappa shape index (κ1) is 14.7. The summed E-state index contributed by atoms with van der Waals surface area (Å²) in [6.07, 6.45) is 10.3. The van der Waals surface area contributed by atoms with Crippen LogP contribution in [0.2, 0.25) is 5.02 Å². The van der Waals surface area contributed by atoms with Gasteiger partial charge in [0.2, 0.25) is 0 Å². The summed E-state index contributed by atoms with van der Waals surface area (Å²) in [6.45, 7) is 0. The number of hydrogen-bond donors (Lipinski definition) is 1. The Balaban J connectivity index is 1.52. The lowest BCUT2D eigenvalue weighted by Gasteiger charge is -2.42. The number of nitrogens with one attached hydrogen (secondary N) is 1. The molecule has 0 saturated heterocycles. The van der Waals surface area contributed by atoms with E-state index in [9.17, 15) is 0 Å². The summed E-state index contributed by atoms with van der Waals surface area (Å²) in [5.74, 6) is 0.664. The van der Waals surface area contributed by atoms with Crippen LogP contribution in [-0.4, -0.2) is 23.6 Å². The van der Waals surface area contributed by atoms with E-state index < -0.39 is 0 Å². The van der Waals surface area contributed by atoms with E-state index in [1.807, 2.05) is 23.9 Å². The average Bonchev–Trinajstić information content (AvgIpc) is 2.44. The molecule has 1 N–H and O–H groups in total. The molecule has 0 spiro atoms. The lowest BCUT2D eigenvalue weighted by Crippen LogP contribution is -2.50. The van der Waals surface area contributed by atoms with Crippen molar-refractivity contribution in [3.05, 3.63) is 34.9 Å². The number of rotatable bonds is 4. The summed E-state index contributed by atoms with van der Waals surface area (Å²) in [5, 5.41) is 5.67. The minimum absolute atomic E-state index is 0.664. The molecular weight excluding hydrogens is 286 g/mol. The van der Waals surface area contributed by atoms with Gasteiger partial charge in [0.25, 0.3) is 0 Å². The van der Waals surface area contributed by atoms with Gasteiger partial charge in [-0.1, -0.05) is 42.6 Å². The van der Waals surface area contributed by atoms with E-state index in [1.54, 1.807) is 0 Å². The highest BCUT2D eigenvalue weighted by atomic mass is 35.5. The summed E-state index contributed by atoms with van der Waals surface area (Å²) in [7, 11) is 0. The van der Waals surface area contributed by atoms with Gasteiger partial charge < -0.3 is 5.32 Å². The standard InChI is InChI=1S/C17H24ClNS/c1-20-17-9-5-4-8-16(17)19-13-10-12(11-13)14-6-2-3-7-15(14)18/h2-3,6-7,12-13,16-17,19H,4-5,8-11H2,1H3. The molecule has 0 radical (unpaired) electrons. The predicted octanol–water partition coefficient (Wildman–Crippen LogP) is 4.85. The van der Waals surface area contributed by atoms with Crippen LogP contribution in [0.3, 0.4) is 0 Å². The van der Waals surface area contributed by atoms with E-state index in [2.05, 4.69) is 23.7 Å². The second-order valence-corrected chi connectivity index (χ2v) is 7.70. The first-order valence-corrected chi connectivity index (χ1v) is 9.47. The van der Waals surface area contributed by atoms with Crippen molar-refractivity contribution in [2.45, 2.75) is 61.8 Å². The molecule has 3 rings (SSSR count). The number of benzene rings is 1. The van der Waals surface area contributed by atoms with Gasteiger partial charge in [-0.3, -0.25) is 0 Å². The summed E-state index contributed by atoms with van der Waals surface area (Å²) in [5.41, 5.74) is 1.34. The lowest BCUT2D eigenvalue weighted by molar-refractivity contribution is 0.242. The van der Waals surface area contributed by atoms with E-state index in [-0.39, 0.29) is 0 Å². The van der Waals surface area contributed by atoms with Crippen LogP contribution in [0.4, 0.5) is 0 Å². The zero-order chi connectivity index (χ0) is 13.9. The van der Waals surface area contributed by atoms with Crippen molar-refractivity contribution in [1.29, 1.82) is 0 Å². The van der Waals surface area contributed by atoms with Crippen molar-refractivity contribution in [2.24, 2.45) is 0 Å². The van der Waals surface area contributed by atoms with Crippen LogP contribution in [0, 0.1) is 0 Å². The van der Waals surface area contributed by atoms with Crippen LogP contribution in [0.25, 0.3) is 0 Å². The Morgan fingerprint density at radius 3 is 2.65 bits per heavy atom. The van der Waals surface area contributed by atoms with Crippen LogP contribution >= 0.6 is 23.4 Å². The second kappa shape index (κ2) is 6.72. The first-order chi connectivity index (χ1) is 9.78. The molecule has 2 fully saturated rings. The average molecular weight is 310 g/mol. The summed E-state index contributed by atoms with van der Waals surface area (Å²) < 4.78 is 0. The van der Waals surface area contributed by atoms with Gasteiger partial charge in [-0.15, -0.1) is 0 Å². The fourth-order valence-corrected chi connectivity index (χ4v) is 4.92. The predicted molar refractivity (Wildman–Crippen MR) is 89.9 cm³/mol. The lowest BCUT2D eigenvalue weighted by atomic mass is 9.75. The van der Waals surface area contributed by atoms with Crippen molar-refractivity contribution in [2.75, 3.05) is 6.26 Å². The Morgan fingerprint density at radius 2 is 1.90 bits per heavy atom. The van der Waals surface area contributed by atoms with E-state index in [0.717, 1.165) is 16.3 Å². The second-order valence-electron chi connectivity index (χ2n) is 6.22. The molecule has 1 aromatic carbocycles. The largest absolute Gasteiger partial charge is 0.310 e. The normalized spacial score (nSPS) is 33.7. The zero-order valence-electron chi connectivity index (χ0n) is 12.1. The Morgan fingerprint density at radius 1 is 1.15 bits per heavy atom. The first-order valence-electron chi connectivity index (χ1n) is 7.81. The van der Waals surface area contributed by atoms with Crippen molar-refractivity contribution in [1.82, 2.24) is 5.32 Å². The summed E-state index contributed by atoms with van der Waals surface area (Å²) in [4.78, 5) is 0. The SMILES string of the molecule is CSC1CCCCC1NC1CC(c2ccccc2Cl)C1. The van der Waals surface area contributed by atoms with Gasteiger partial charge in [0.1, 0.15) is 0 Å². The van der Waals surface area contributed by atoms with Crippen LogP contribution in [0.5, 0.6) is 0 Å². The maximum Gasteiger partial charge on any atom is 0.0440 e. The van der Waals surface area contributed by atoms with Crippen LogP contribution < -0.4 is 5.32 Å². The van der Waals surface area contributed by atoms with Gasteiger partial charge in [0.15, 0.2) is 0 Å². The fourth-order valence-electron chi connectivity index (χ4n) is 3.69. The summed E-state index contributed by atoms with van der Waals surface area (Å²) in [6, 6.07) is 9.76. The topological polar surface area (TPSA) is 12.0 Å². The Labute approximate surface area is 131 Å². The molecule has 2 atom stereocenters. The van der Waals surface area contributed by atoms with Gasteiger partial charge >= 0.3 is 0 Å². The maximum absolute atomic E-state index is 6.29. The molecule has 0 aromatic heterocycles. The molecule has 2 unspecified atom stereocenters. The van der Waals surface area contributed by atoms with Gasteiger partial charge in [0.05, 0.1) is 0 Å². The number of halogens is 1. The molecule has 2 aliphatic rings. The van der Waals surface area contributed by atoms with Crippen LogP contribution in [-0.2, 0) is 0 Å². The Kier molecular flexibility index (Phi) is 4.95. The number of thioether (sulfide) groups is 1. The molecule has 0 amide bonds. The Bertz CT molecular complexity index is 444. The third kappa shape index (κ3) is 3.18. The minimum Gasteiger partial charge on any atom is -0.310 e. The summed E-state index contributed by atoms with van der Waals surface area (Å²) >= 11 is 8.34. The molecule has 20 heavy (non-hydrogen) atoms. The minimum atomic E-state index is 0.664. The van der Waals surface area contributed by atoms with Gasteiger partial charge in [0, 0.05) is 22.4 Å². The smallest absolute Gasteiger partial charge is 0.0440 e. The molecular formula is C17H24ClNS. The molecule has 2 aliphatic carbocycles. The quantitative estimate of drug-likeness (QED) is 0.853. The highest BCUT2D eigenvalue weighted by Crippen LogP contribution is 2.41. The zero-order valence-corrected chi connectivity index (χ0v) is 13.7. The molecule has 1 aromatic rings. The molecule has 0 heterocycles. The maximum atomic E-state index is 6.29.